The van der Waals surface area contributed by atoms with E-state index in [0.29, 0.717) is 6.04 Å². The molecule has 0 radical (unpaired) electrons. The summed E-state index contributed by atoms with van der Waals surface area (Å²) in [6.45, 7) is 6.77. The monoisotopic (exact) mass is 298 g/mol. The Labute approximate surface area is 133 Å². The highest BCUT2D eigenvalue weighted by atomic mass is 16.5. The summed E-state index contributed by atoms with van der Waals surface area (Å²) >= 11 is 0. The second kappa shape index (κ2) is 7.12. The predicted octanol–water partition coefficient (Wildman–Crippen LogP) is 3.59. The number of fused-ring (bicyclic) bond motifs is 1. The van der Waals surface area contributed by atoms with Crippen molar-refractivity contribution in [3.63, 3.8) is 0 Å². The summed E-state index contributed by atoms with van der Waals surface area (Å²) in [7, 11) is 1.72. The molecule has 0 aromatic heterocycles. The number of benzene rings is 2. The molecule has 1 N–H and O–H groups in total. The van der Waals surface area contributed by atoms with Crippen molar-refractivity contribution in [3.8, 4) is 5.75 Å². The molecule has 0 spiro atoms. The second-order valence-corrected chi connectivity index (χ2v) is 6.06. The van der Waals surface area contributed by atoms with Crippen molar-refractivity contribution in [1.29, 1.82) is 0 Å². The van der Waals surface area contributed by atoms with Crippen LogP contribution < -0.4 is 10.1 Å². The molecule has 3 heteroatoms. The van der Waals surface area contributed by atoms with Gasteiger partial charge in [0.05, 0.1) is 7.11 Å². The van der Waals surface area contributed by atoms with Crippen molar-refractivity contribution in [2.24, 2.45) is 0 Å². The van der Waals surface area contributed by atoms with E-state index in [0.717, 1.165) is 31.9 Å². The number of hydrogen-bond donors (Lipinski definition) is 1. The predicted molar refractivity (Wildman–Crippen MR) is 92.6 cm³/mol. The van der Waals surface area contributed by atoms with Crippen LogP contribution in [0.15, 0.2) is 36.4 Å². The lowest BCUT2D eigenvalue weighted by Crippen LogP contribution is -2.45. The van der Waals surface area contributed by atoms with Crippen LogP contribution in [0.1, 0.15) is 31.4 Å². The van der Waals surface area contributed by atoms with Crippen LogP contribution in [0.2, 0.25) is 0 Å². The molecule has 2 aromatic carbocycles. The molecule has 0 bridgehead atoms. The number of methoxy groups -OCH3 is 1. The molecule has 22 heavy (non-hydrogen) atoms. The Balaban J connectivity index is 1.91. The largest absolute Gasteiger partial charge is 0.497 e. The molecule has 1 atom stereocenters. The topological polar surface area (TPSA) is 24.5 Å². The summed E-state index contributed by atoms with van der Waals surface area (Å²) in [6.07, 6.45) is 2.44. The van der Waals surface area contributed by atoms with Gasteiger partial charge in [-0.1, -0.05) is 31.5 Å². The Morgan fingerprint density at radius 2 is 1.82 bits per heavy atom. The summed E-state index contributed by atoms with van der Waals surface area (Å²) in [5.41, 5.74) is 1.45. The average molecular weight is 298 g/mol. The molecule has 118 valence electrons. The summed E-state index contributed by atoms with van der Waals surface area (Å²) in [4.78, 5) is 2.63. The third-order valence-corrected chi connectivity index (χ3v) is 4.61. The maximum absolute atomic E-state index is 5.32. The van der Waals surface area contributed by atoms with E-state index in [1.54, 1.807) is 7.11 Å². The maximum atomic E-state index is 5.32. The van der Waals surface area contributed by atoms with Gasteiger partial charge < -0.3 is 10.1 Å². The first kappa shape index (κ1) is 15.3. The normalized spacial score (nSPS) is 17.5. The van der Waals surface area contributed by atoms with E-state index >= 15 is 0 Å². The van der Waals surface area contributed by atoms with Gasteiger partial charge in [-0.25, -0.2) is 0 Å². The fraction of sp³-hybridized carbons (Fsp3) is 0.474. The minimum atomic E-state index is 0.540. The molecule has 0 aliphatic carbocycles. The second-order valence-electron chi connectivity index (χ2n) is 6.06. The third kappa shape index (κ3) is 3.26. The number of rotatable bonds is 5. The molecule has 1 saturated heterocycles. The van der Waals surface area contributed by atoms with E-state index in [1.165, 1.54) is 29.2 Å². The van der Waals surface area contributed by atoms with E-state index in [9.17, 15) is 0 Å². The molecule has 1 aliphatic rings. The number of nitrogens with one attached hydrogen (secondary N) is 1. The Kier molecular flexibility index (Phi) is 4.96. The zero-order valence-electron chi connectivity index (χ0n) is 13.6. The summed E-state index contributed by atoms with van der Waals surface area (Å²) in [6, 6.07) is 13.8. The molecule has 0 amide bonds. The molecule has 1 aliphatic heterocycles. The highest BCUT2D eigenvalue weighted by Gasteiger charge is 2.21. The van der Waals surface area contributed by atoms with Gasteiger partial charge in [0.25, 0.3) is 0 Å². The van der Waals surface area contributed by atoms with Gasteiger partial charge in [-0.05, 0) is 41.0 Å². The van der Waals surface area contributed by atoms with Gasteiger partial charge in [-0.3, -0.25) is 4.90 Å². The first-order valence-electron chi connectivity index (χ1n) is 8.34. The van der Waals surface area contributed by atoms with Gasteiger partial charge >= 0.3 is 0 Å². The van der Waals surface area contributed by atoms with Crippen molar-refractivity contribution in [3.05, 3.63) is 42.0 Å². The Bertz CT molecular complexity index is 620. The van der Waals surface area contributed by atoms with Crippen LogP contribution in [0.3, 0.4) is 0 Å². The van der Waals surface area contributed by atoms with Crippen LogP contribution in [-0.4, -0.2) is 38.2 Å². The molecule has 3 nitrogen and oxygen atoms in total. The van der Waals surface area contributed by atoms with Gasteiger partial charge in [0, 0.05) is 32.2 Å². The lowest BCUT2D eigenvalue weighted by Gasteiger charge is -2.35. The minimum absolute atomic E-state index is 0.540. The molecule has 2 aromatic rings. The first-order chi connectivity index (χ1) is 10.8. The van der Waals surface area contributed by atoms with Crippen molar-refractivity contribution >= 4 is 10.8 Å². The fourth-order valence-electron chi connectivity index (χ4n) is 3.40. The molecule has 1 fully saturated rings. The first-order valence-corrected chi connectivity index (χ1v) is 8.34. The van der Waals surface area contributed by atoms with Crippen LogP contribution in [0.4, 0.5) is 0 Å². The lowest BCUT2D eigenvalue weighted by atomic mass is 9.97. The maximum Gasteiger partial charge on any atom is 0.119 e. The number of nitrogens with zero attached hydrogens (tertiary/aromatic N) is 1. The molecule has 0 saturated carbocycles. The van der Waals surface area contributed by atoms with Gasteiger partial charge in [0.1, 0.15) is 5.75 Å². The van der Waals surface area contributed by atoms with Crippen molar-refractivity contribution in [2.45, 2.75) is 25.8 Å². The minimum Gasteiger partial charge on any atom is -0.497 e. The van der Waals surface area contributed by atoms with E-state index in [4.69, 9.17) is 4.74 Å². The smallest absolute Gasteiger partial charge is 0.119 e. The van der Waals surface area contributed by atoms with Crippen LogP contribution in [0.5, 0.6) is 5.75 Å². The summed E-state index contributed by atoms with van der Waals surface area (Å²) in [5.74, 6) is 0.924. The van der Waals surface area contributed by atoms with Crippen LogP contribution in [-0.2, 0) is 0 Å². The van der Waals surface area contributed by atoms with E-state index in [2.05, 4.69) is 47.5 Å². The van der Waals surface area contributed by atoms with Crippen LogP contribution in [0.25, 0.3) is 10.8 Å². The molecular formula is C19H26N2O. The van der Waals surface area contributed by atoms with E-state index < -0.39 is 0 Å². The van der Waals surface area contributed by atoms with Crippen molar-refractivity contribution in [1.82, 2.24) is 10.2 Å². The standard InChI is InChI=1S/C19H26N2O/c1-3-4-19(21-11-9-20-10-12-21)17-6-5-16-14-18(22-2)8-7-15(16)13-17/h5-8,13-14,19-20H,3-4,9-12H2,1-2H3/t19-/m0/s1. The highest BCUT2D eigenvalue weighted by Crippen LogP contribution is 2.30. The molecular weight excluding hydrogens is 272 g/mol. The van der Waals surface area contributed by atoms with E-state index in [-0.39, 0.29) is 0 Å². The van der Waals surface area contributed by atoms with Crippen LogP contribution in [0, 0.1) is 0 Å². The van der Waals surface area contributed by atoms with Gasteiger partial charge in [-0.2, -0.15) is 0 Å². The molecule has 0 unspecified atom stereocenters. The fourth-order valence-corrected chi connectivity index (χ4v) is 3.40. The summed E-state index contributed by atoms with van der Waals surface area (Å²) in [5, 5.41) is 6.00. The molecule has 3 rings (SSSR count). The van der Waals surface area contributed by atoms with Crippen molar-refractivity contribution < 1.29 is 4.74 Å². The molecule has 1 heterocycles. The SMILES string of the molecule is CCC[C@@H](c1ccc2cc(OC)ccc2c1)N1CCNCC1. The van der Waals surface area contributed by atoms with Crippen molar-refractivity contribution in [2.75, 3.05) is 33.3 Å². The Morgan fingerprint density at radius 1 is 1.09 bits per heavy atom. The zero-order chi connectivity index (χ0) is 15.4. The van der Waals surface area contributed by atoms with E-state index in [1.807, 2.05) is 6.07 Å². The quantitative estimate of drug-likeness (QED) is 0.913. The van der Waals surface area contributed by atoms with Gasteiger partial charge in [0.15, 0.2) is 0 Å². The number of ether oxygens (including phenoxy) is 1. The number of hydrogen-bond acceptors (Lipinski definition) is 3. The Hall–Kier alpha value is -1.58. The van der Waals surface area contributed by atoms with Crippen LogP contribution >= 0.6 is 0 Å². The highest BCUT2D eigenvalue weighted by molar-refractivity contribution is 5.84. The zero-order valence-corrected chi connectivity index (χ0v) is 13.6. The summed E-state index contributed by atoms with van der Waals surface area (Å²) < 4.78 is 5.32. The average Bonchev–Trinajstić information content (AvgIpc) is 2.59. The Morgan fingerprint density at radius 3 is 2.55 bits per heavy atom. The number of piperazine rings is 1. The third-order valence-electron chi connectivity index (χ3n) is 4.61. The van der Waals surface area contributed by atoms with Gasteiger partial charge in [-0.15, -0.1) is 0 Å². The van der Waals surface area contributed by atoms with Gasteiger partial charge in [0.2, 0.25) is 0 Å². The lowest BCUT2D eigenvalue weighted by molar-refractivity contribution is 0.165.